The number of anilines is 1. The summed E-state index contributed by atoms with van der Waals surface area (Å²) in [5, 5.41) is 3.98. The van der Waals surface area contributed by atoms with Gasteiger partial charge >= 0.3 is 0 Å². The summed E-state index contributed by atoms with van der Waals surface area (Å²) in [6, 6.07) is 15.5. The van der Waals surface area contributed by atoms with Gasteiger partial charge in [0.1, 0.15) is 5.75 Å². The van der Waals surface area contributed by atoms with E-state index < -0.39 is 6.10 Å². The van der Waals surface area contributed by atoms with Gasteiger partial charge in [-0.15, -0.1) is 0 Å². The van der Waals surface area contributed by atoms with Gasteiger partial charge in [0, 0.05) is 19.8 Å². The minimum Gasteiger partial charge on any atom is -0.481 e. The summed E-state index contributed by atoms with van der Waals surface area (Å²) >= 11 is 0. The Hall–Kier alpha value is -2.82. The highest BCUT2D eigenvalue weighted by molar-refractivity contribution is 5.84. The van der Waals surface area contributed by atoms with Crippen molar-refractivity contribution in [2.24, 2.45) is 5.10 Å². The minimum absolute atomic E-state index is 0.294. The summed E-state index contributed by atoms with van der Waals surface area (Å²) in [6.07, 6.45) is 0.983. The predicted molar refractivity (Wildman–Crippen MR) is 97.8 cm³/mol. The number of hydrazone groups is 1. The molecule has 0 aliphatic rings. The van der Waals surface area contributed by atoms with E-state index in [0.717, 1.165) is 16.8 Å². The number of rotatable bonds is 6. The number of amides is 1. The van der Waals surface area contributed by atoms with E-state index in [-0.39, 0.29) is 5.91 Å². The summed E-state index contributed by atoms with van der Waals surface area (Å²) in [5.74, 6) is 0.374. The molecule has 0 aromatic heterocycles. The van der Waals surface area contributed by atoms with Crippen molar-refractivity contribution in [1.82, 2.24) is 5.43 Å². The maximum absolute atomic E-state index is 12.0. The van der Waals surface area contributed by atoms with Crippen LogP contribution in [0.5, 0.6) is 5.75 Å². The molecule has 2 rings (SSSR count). The van der Waals surface area contributed by atoms with Crippen LogP contribution in [0.3, 0.4) is 0 Å². The van der Waals surface area contributed by atoms with Crippen LogP contribution in [0.1, 0.15) is 18.1 Å². The number of nitrogens with one attached hydrogen (secondary N) is 1. The molecule has 126 valence electrons. The molecule has 0 radical (unpaired) electrons. The zero-order chi connectivity index (χ0) is 17.5. The molecule has 0 aliphatic heterocycles. The first kappa shape index (κ1) is 17.5. The number of nitrogens with zero attached hydrogens (tertiary/aromatic N) is 2. The van der Waals surface area contributed by atoms with E-state index in [1.54, 1.807) is 13.1 Å². The Morgan fingerprint density at radius 1 is 1.21 bits per heavy atom. The molecule has 1 amide bonds. The van der Waals surface area contributed by atoms with Crippen LogP contribution in [-0.4, -0.2) is 32.3 Å². The lowest BCUT2D eigenvalue weighted by Crippen LogP contribution is -2.33. The van der Waals surface area contributed by atoms with E-state index in [2.05, 4.69) is 10.5 Å². The highest BCUT2D eigenvalue weighted by Gasteiger charge is 2.13. The van der Waals surface area contributed by atoms with Gasteiger partial charge in [-0.3, -0.25) is 4.79 Å². The van der Waals surface area contributed by atoms with Crippen LogP contribution in [0, 0.1) is 6.92 Å². The van der Waals surface area contributed by atoms with Gasteiger partial charge in [0.05, 0.1) is 6.21 Å². The van der Waals surface area contributed by atoms with E-state index in [1.807, 2.05) is 74.4 Å². The van der Waals surface area contributed by atoms with Crippen LogP contribution in [0.15, 0.2) is 53.6 Å². The second-order valence-corrected chi connectivity index (χ2v) is 5.80. The molecule has 0 spiro atoms. The molecular weight excluding hydrogens is 302 g/mol. The average molecular weight is 325 g/mol. The first-order chi connectivity index (χ1) is 11.5. The van der Waals surface area contributed by atoms with Crippen molar-refractivity contribution < 1.29 is 9.53 Å². The Labute approximate surface area is 142 Å². The van der Waals surface area contributed by atoms with E-state index >= 15 is 0 Å². The van der Waals surface area contributed by atoms with Crippen LogP contribution in [0.25, 0.3) is 0 Å². The molecule has 0 bridgehead atoms. The Morgan fingerprint density at radius 2 is 1.92 bits per heavy atom. The van der Waals surface area contributed by atoms with Crippen molar-refractivity contribution in [1.29, 1.82) is 0 Å². The maximum atomic E-state index is 12.0. The van der Waals surface area contributed by atoms with E-state index in [9.17, 15) is 4.79 Å². The van der Waals surface area contributed by atoms with Crippen LogP contribution >= 0.6 is 0 Å². The van der Waals surface area contributed by atoms with Crippen molar-refractivity contribution in [3.63, 3.8) is 0 Å². The van der Waals surface area contributed by atoms with Gasteiger partial charge in [-0.25, -0.2) is 5.43 Å². The fourth-order valence-electron chi connectivity index (χ4n) is 2.07. The third-order valence-corrected chi connectivity index (χ3v) is 3.47. The number of carbonyl (C=O) groups is 1. The largest absolute Gasteiger partial charge is 0.481 e. The average Bonchev–Trinajstić information content (AvgIpc) is 2.55. The fourth-order valence-corrected chi connectivity index (χ4v) is 2.07. The molecule has 5 nitrogen and oxygen atoms in total. The van der Waals surface area contributed by atoms with E-state index in [1.165, 1.54) is 0 Å². The zero-order valence-corrected chi connectivity index (χ0v) is 14.5. The lowest BCUT2D eigenvalue weighted by atomic mass is 10.2. The van der Waals surface area contributed by atoms with Crippen molar-refractivity contribution in [3.05, 3.63) is 59.7 Å². The fraction of sp³-hybridized carbons (Fsp3) is 0.263. The molecule has 24 heavy (non-hydrogen) atoms. The molecular formula is C19H23N3O2. The van der Waals surface area contributed by atoms with Gasteiger partial charge in [0.2, 0.25) is 0 Å². The van der Waals surface area contributed by atoms with Gasteiger partial charge in [-0.1, -0.05) is 24.3 Å². The lowest BCUT2D eigenvalue weighted by molar-refractivity contribution is -0.127. The van der Waals surface area contributed by atoms with Crippen molar-refractivity contribution in [2.45, 2.75) is 20.0 Å². The summed E-state index contributed by atoms with van der Waals surface area (Å²) in [6.45, 7) is 3.67. The summed E-state index contributed by atoms with van der Waals surface area (Å²) in [4.78, 5) is 14.0. The third-order valence-electron chi connectivity index (χ3n) is 3.47. The molecule has 0 unspecified atom stereocenters. The van der Waals surface area contributed by atoms with Gasteiger partial charge in [-0.2, -0.15) is 5.10 Å². The van der Waals surface area contributed by atoms with Crippen LogP contribution in [0.2, 0.25) is 0 Å². The van der Waals surface area contributed by atoms with Gasteiger partial charge in [0.25, 0.3) is 5.91 Å². The highest BCUT2D eigenvalue weighted by atomic mass is 16.5. The van der Waals surface area contributed by atoms with Crippen molar-refractivity contribution >= 4 is 17.8 Å². The molecule has 5 heteroatoms. The van der Waals surface area contributed by atoms with E-state index in [4.69, 9.17) is 4.74 Å². The summed E-state index contributed by atoms with van der Waals surface area (Å²) < 4.78 is 5.61. The van der Waals surface area contributed by atoms with Crippen LogP contribution in [0.4, 0.5) is 5.69 Å². The summed E-state index contributed by atoms with van der Waals surface area (Å²) in [5.41, 5.74) is 5.60. The zero-order valence-electron chi connectivity index (χ0n) is 14.5. The van der Waals surface area contributed by atoms with Crippen molar-refractivity contribution in [2.75, 3.05) is 19.0 Å². The van der Waals surface area contributed by atoms with Crippen LogP contribution in [-0.2, 0) is 4.79 Å². The summed E-state index contributed by atoms with van der Waals surface area (Å²) in [7, 11) is 3.97. The van der Waals surface area contributed by atoms with E-state index in [0.29, 0.717) is 5.75 Å². The molecule has 2 aromatic rings. The molecule has 1 N–H and O–H groups in total. The second-order valence-electron chi connectivity index (χ2n) is 5.80. The standard InChI is InChI=1S/C19H23N3O2/c1-14-6-5-7-18(12-14)24-15(2)19(23)21-20-13-16-8-10-17(11-9-16)22(3)4/h5-13,15H,1-4H3,(H,21,23)/b20-13-/t15-/m0/s1. The first-order valence-corrected chi connectivity index (χ1v) is 7.79. The topological polar surface area (TPSA) is 53.9 Å². The Bertz CT molecular complexity index is 709. The quantitative estimate of drug-likeness (QED) is 0.656. The number of ether oxygens (including phenoxy) is 1. The SMILES string of the molecule is Cc1cccc(O[C@@H](C)C(=O)N/N=C\c2ccc(N(C)C)cc2)c1. The van der Waals surface area contributed by atoms with Gasteiger partial charge < -0.3 is 9.64 Å². The minimum atomic E-state index is -0.625. The van der Waals surface area contributed by atoms with Gasteiger partial charge in [-0.05, 0) is 49.2 Å². The van der Waals surface area contributed by atoms with Crippen LogP contribution < -0.4 is 15.1 Å². The first-order valence-electron chi connectivity index (χ1n) is 7.79. The molecule has 0 saturated heterocycles. The normalized spacial score (nSPS) is 12.0. The van der Waals surface area contributed by atoms with Gasteiger partial charge in [0.15, 0.2) is 6.10 Å². The number of aryl methyl sites for hydroxylation is 1. The molecule has 0 aliphatic carbocycles. The second kappa shape index (κ2) is 8.15. The Kier molecular flexibility index (Phi) is 5.95. The monoisotopic (exact) mass is 325 g/mol. The highest BCUT2D eigenvalue weighted by Crippen LogP contribution is 2.14. The smallest absolute Gasteiger partial charge is 0.280 e. The molecule has 2 aromatic carbocycles. The van der Waals surface area contributed by atoms with Crippen molar-refractivity contribution in [3.8, 4) is 5.75 Å². The molecule has 0 fully saturated rings. The Morgan fingerprint density at radius 3 is 2.54 bits per heavy atom. The Balaban J connectivity index is 1.87. The number of hydrogen-bond donors (Lipinski definition) is 1. The number of carbonyl (C=O) groups excluding carboxylic acids is 1. The maximum Gasteiger partial charge on any atom is 0.280 e. The third kappa shape index (κ3) is 5.12. The molecule has 0 heterocycles. The number of benzene rings is 2. The lowest BCUT2D eigenvalue weighted by Gasteiger charge is -2.13. The molecule has 1 atom stereocenters. The predicted octanol–water partition coefficient (Wildman–Crippen LogP) is 2.98. The molecule has 0 saturated carbocycles. The number of hydrogen-bond acceptors (Lipinski definition) is 4.